The molecule has 7 heteroatoms. The summed E-state index contributed by atoms with van der Waals surface area (Å²) in [5, 5.41) is 13.9. The summed E-state index contributed by atoms with van der Waals surface area (Å²) in [6, 6.07) is 1.25. The van der Waals surface area contributed by atoms with E-state index in [9.17, 15) is 18.4 Å². The van der Waals surface area contributed by atoms with E-state index in [1.165, 1.54) is 6.92 Å². The molecule has 21 heavy (non-hydrogen) atoms. The SMILES string of the molecule is CC(C)CNC(=O)C(C)Nc1ccc(C(=O)O)c(F)c1F. The van der Waals surface area contributed by atoms with Crippen LogP contribution in [0, 0.1) is 17.6 Å². The molecule has 0 saturated carbocycles. The van der Waals surface area contributed by atoms with Crippen LogP contribution in [0.4, 0.5) is 14.5 Å². The molecular formula is C14H18F2N2O3. The van der Waals surface area contributed by atoms with E-state index in [0.717, 1.165) is 12.1 Å². The van der Waals surface area contributed by atoms with Gasteiger partial charge in [0.25, 0.3) is 0 Å². The van der Waals surface area contributed by atoms with Gasteiger partial charge in [0.1, 0.15) is 6.04 Å². The molecule has 0 heterocycles. The van der Waals surface area contributed by atoms with E-state index in [-0.39, 0.29) is 17.5 Å². The number of carboxylic acid groups (broad SMARTS) is 1. The molecule has 1 unspecified atom stereocenters. The Hall–Kier alpha value is -2.18. The number of amides is 1. The number of halogens is 2. The number of rotatable bonds is 6. The minimum atomic E-state index is -1.55. The van der Waals surface area contributed by atoms with Crippen molar-refractivity contribution in [1.29, 1.82) is 0 Å². The third-order valence-corrected chi connectivity index (χ3v) is 2.76. The molecule has 1 amide bonds. The van der Waals surface area contributed by atoms with Crippen LogP contribution in [0.3, 0.4) is 0 Å². The Balaban J connectivity index is 2.81. The number of carbonyl (C=O) groups is 2. The Morgan fingerprint density at radius 1 is 1.19 bits per heavy atom. The molecule has 3 N–H and O–H groups in total. The van der Waals surface area contributed by atoms with Gasteiger partial charge in [-0.15, -0.1) is 0 Å². The second-order valence-electron chi connectivity index (χ2n) is 5.10. The zero-order valence-electron chi connectivity index (χ0n) is 12.0. The van der Waals surface area contributed by atoms with Gasteiger partial charge in [0.05, 0.1) is 11.3 Å². The molecule has 116 valence electrons. The van der Waals surface area contributed by atoms with Crippen molar-refractivity contribution in [3.8, 4) is 0 Å². The average molecular weight is 300 g/mol. The highest BCUT2D eigenvalue weighted by atomic mass is 19.2. The minimum absolute atomic E-state index is 0.260. The highest BCUT2D eigenvalue weighted by Crippen LogP contribution is 2.21. The number of hydrogen-bond donors (Lipinski definition) is 3. The van der Waals surface area contributed by atoms with Crippen LogP contribution in [0.15, 0.2) is 12.1 Å². The Morgan fingerprint density at radius 3 is 2.33 bits per heavy atom. The van der Waals surface area contributed by atoms with E-state index >= 15 is 0 Å². The molecule has 0 aliphatic rings. The molecule has 0 aromatic heterocycles. The lowest BCUT2D eigenvalue weighted by Gasteiger charge is -2.17. The van der Waals surface area contributed by atoms with Gasteiger partial charge >= 0.3 is 5.97 Å². The van der Waals surface area contributed by atoms with Crippen LogP contribution in [0.2, 0.25) is 0 Å². The number of aromatic carboxylic acids is 1. The Kier molecular flexibility index (Phi) is 5.63. The third-order valence-electron chi connectivity index (χ3n) is 2.76. The van der Waals surface area contributed by atoms with Crippen LogP contribution >= 0.6 is 0 Å². The molecule has 0 spiro atoms. The summed E-state index contributed by atoms with van der Waals surface area (Å²) < 4.78 is 27.2. The lowest BCUT2D eigenvalue weighted by Crippen LogP contribution is -2.39. The fourth-order valence-corrected chi connectivity index (χ4v) is 1.58. The Labute approximate surface area is 121 Å². The quantitative estimate of drug-likeness (QED) is 0.753. The van der Waals surface area contributed by atoms with Crippen molar-refractivity contribution in [1.82, 2.24) is 5.32 Å². The molecular weight excluding hydrogens is 282 g/mol. The summed E-state index contributed by atoms with van der Waals surface area (Å²) >= 11 is 0. The van der Waals surface area contributed by atoms with Crippen LogP contribution < -0.4 is 10.6 Å². The first-order valence-corrected chi connectivity index (χ1v) is 6.49. The third kappa shape index (κ3) is 4.40. The summed E-state index contributed by atoms with van der Waals surface area (Å²) in [6.45, 7) is 5.83. The highest BCUT2D eigenvalue weighted by Gasteiger charge is 2.20. The highest BCUT2D eigenvalue weighted by molar-refractivity contribution is 5.89. The van der Waals surface area contributed by atoms with Gasteiger partial charge < -0.3 is 15.7 Å². The van der Waals surface area contributed by atoms with Crippen LogP contribution in [-0.2, 0) is 4.79 Å². The summed E-state index contributed by atoms with van der Waals surface area (Å²) in [6.07, 6.45) is 0. The van der Waals surface area contributed by atoms with Crippen molar-refractivity contribution in [3.63, 3.8) is 0 Å². The second-order valence-corrected chi connectivity index (χ2v) is 5.10. The zero-order valence-corrected chi connectivity index (χ0v) is 12.0. The van der Waals surface area contributed by atoms with E-state index < -0.39 is 29.2 Å². The summed E-state index contributed by atoms with van der Waals surface area (Å²) in [5.41, 5.74) is -1.01. The molecule has 1 rings (SSSR count). The fourth-order valence-electron chi connectivity index (χ4n) is 1.58. The lowest BCUT2D eigenvalue weighted by molar-refractivity contribution is -0.121. The predicted octanol–water partition coefficient (Wildman–Crippen LogP) is 2.24. The second kappa shape index (κ2) is 7.01. The number of anilines is 1. The largest absolute Gasteiger partial charge is 0.478 e. The summed E-state index contributed by atoms with van der Waals surface area (Å²) in [5.74, 6) is -4.42. The fraction of sp³-hybridized carbons (Fsp3) is 0.429. The van der Waals surface area contributed by atoms with Gasteiger partial charge in [-0.05, 0) is 25.0 Å². The molecule has 0 aliphatic carbocycles. The predicted molar refractivity (Wildman–Crippen MR) is 74.2 cm³/mol. The van der Waals surface area contributed by atoms with Crippen LogP contribution in [-0.4, -0.2) is 29.6 Å². The Bertz CT molecular complexity index is 547. The summed E-state index contributed by atoms with van der Waals surface area (Å²) in [7, 11) is 0. The monoisotopic (exact) mass is 300 g/mol. The molecule has 0 radical (unpaired) electrons. The van der Waals surface area contributed by atoms with Crippen molar-refractivity contribution >= 4 is 17.6 Å². The number of benzene rings is 1. The van der Waals surface area contributed by atoms with Crippen molar-refractivity contribution in [2.24, 2.45) is 5.92 Å². The maximum atomic E-state index is 13.7. The van der Waals surface area contributed by atoms with E-state index in [1.54, 1.807) is 0 Å². The van der Waals surface area contributed by atoms with Gasteiger partial charge in [0, 0.05) is 6.54 Å². The van der Waals surface area contributed by atoms with Crippen LogP contribution in [0.25, 0.3) is 0 Å². The zero-order chi connectivity index (χ0) is 16.2. The van der Waals surface area contributed by atoms with Gasteiger partial charge in [-0.3, -0.25) is 4.79 Å². The maximum absolute atomic E-state index is 13.7. The molecule has 1 aromatic rings. The molecule has 0 bridgehead atoms. The summed E-state index contributed by atoms with van der Waals surface area (Å²) in [4.78, 5) is 22.4. The first-order valence-electron chi connectivity index (χ1n) is 6.49. The van der Waals surface area contributed by atoms with Gasteiger partial charge in [-0.25, -0.2) is 13.6 Å². The van der Waals surface area contributed by atoms with E-state index in [2.05, 4.69) is 10.6 Å². The van der Waals surface area contributed by atoms with Crippen LogP contribution in [0.5, 0.6) is 0 Å². The molecule has 0 aliphatic heterocycles. The van der Waals surface area contributed by atoms with Gasteiger partial charge in [-0.2, -0.15) is 0 Å². The van der Waals surface area contributed by atoms with Crippen molar-refractivity contribution < 1.29 is 23.5 Å². The number of carbonyl (C=O) groups excluding carboxylic acids is 1. The lowest BCUT2D eigenvalue weighted by atomic mass is 10.1. The molecule has 5 nitrogen and oxygen atoms in total. The first kappa shape index (κ1) is 16.9. The number of hydrogen-bond acceptors (Lipinski definition) is 3. The molecule has 0 fully saturated rings. The van der Waals surface area contributed by atoms with Crippen molar-refractivity contribution in [3.05, 3.63) is 29.3 Å². The molecule has 1 aromatic carbocycles. The number of nitrogens with one attached hydrogen (secondary N) is 2. The van der Waals surface area contributed by atoms with E-state index in [1.807, 2.05) is 13.8 Å². The smallest absolute Gasteiger partial charge is 0.338 e. The van der Waals surface area contributed by atoms with Gasteiger partial charge in [0.2, 0.25) is 5.91 Å². The van der Waals surface area contributed by atoms with Crippen molar-refractivity contribution in [2.45, 2.75) is 26.8 Å². The minimum Gasteiger partial charge on any atom is -0.478 e. The molecule has 1 atom stereocenters. The molecule has 0 saturated heterocycles. The average Bonchev–Trinajstić information content (AvgIpc) is 2.40. The maximum Gasteiger partial charge on any atom is 0.338 e. The Morgan fingerprint density at radius 2 is 1.81 bits per heavy atom. The first-order chi connectivity index (χ1) is 9.73. The van der Waals surface area contributed by atoms with Gasteiger partial charge in [0.15, 0.2) is 11.6 Å². The van der Waals surface area contributed by atoms with E-state index in [4.69, 9.17) is 5.11 Å². The topological polar surface area (TPSA) is 78.4 Å². The standard InChI is InChI=1S/C14H18F2N2O3/c1-7(2)6-17-13(19)8(3)18-10-5-4-9(14(20)21)11(15)12(10)16/h4-5,7-8,18H,6H2,1-3H3,(H,17,19)(H,20,21). The number of carboxylic acids is 1. The van der Waals surface area contributed by atoms with Gasteiger partial charge in [-0.1, -0.05) is 13.8 Å². The normalized spacial score (nSPS) is 12.1. The van der Waals surface area contributed by atoms with Crippen molar-refractivity contribution in [2.75, 3.05) is 11.9 Å². The van der Waals surface area contributed by atoms with E-state index in [0.29, 0.717) is 6.54 Å². The van der Waals surface area contributed by atoms with Crippen LogP contribution in [0.1, 0.15) is 31.1 Å².